The number of benzene rings is 1. The number of aliphatic carboxylic acids is 1. The summed E-state index contributed by atoms with van der Waals surface area (Å²) in [5, 5.41) is 17.0. The minimum Gasteiger partial charge on any atom is -0.481 e. The van der Waals surface area contributed by atoms with Gasteiger partial charge in [0.2, 0.25) is 5.95 Å². The zero-order valence-corrected chi connectivity index (χ0v) is 14.3. The van der Waals surface area contributed by atoms with E-state index in [1.807, 2.05) is 18.2 Å². The molecule has 1 fully saturated rings. The summed E-state index contributed by atoms with van der Waals surface area (Å²) in [6.07, 6.45) is 4.21. The molecule has 3 aromatic rings. The van der Waals surface area contributed by atoms with E-state index in [9.17, 15) is 4.79 Å². The van der Waals surface area contributed by atoms with Crippen LogP contribution >= 0.6 is 0 Å². The molecule has 5 rings (SSSR count). The first-order valence-electron chi connectivity index (χ1n) is 9.03. The van der Waals surface area contributed by atoms with Crippen LogP contribution in [0.2, 0.25) is 0 Å². The molecule has 0 bridgehead atoms. The van der Waals surface area contributed by atoms with Crippen molar-refractivity contribution >= 4 is 22.8 Å². The number of nitrogens with one attached hydrogen (secondary N) is 1. The fraction of sp³-hybridized carbons (Fsp3) is 0.368. The lowest BCUT2D eigenvalue weighted by Gasteiger charge is -2.31. The minimum absolute atomic E-state index is 0.0929. The zero-order chi connectivity index (χ0) is 17.7. The number of nitrogens with zero attached hydrogens (tertiary/aromatic N) is 4. The standard InChI is InChI=1S/C19H19N5O2/c25-17(26)10-16-13-9-11(5-6-15(13)22-23-16)18-12-3-1-4-14(12)20-19(21-18)24-7-2-8-24/h5-6,9H,1-4,7-8,10H2,(H,22,23)(H,25,26). The molecule has 1 aliphatic carbocycles. The SMILES string of the molecule is O=C(O)Cc1n[nH]c2ccc(-c3nc(N4CCC4)nc4c3CCC4)cc12. The summed E-state index contributed by atoms with van der Waals surface area (Å²) in [6.45, 7) is 2.03. The van der Waals surface area contributed by atoms with Crippen molar-refractivity contribution in [2.24, 2.45) is 0 Å². The second-order valence-corrected chi connectivity index (χ2v) is 6.99. The Morgan fingerprint density at radius 3 is 2.85 bits per heavy atom. The van der Waals surface area contributed by atoms with Crippen LogP contribution in [0.15, 0.2) is 18.2 Å². The highest BCUT2D eigenvalue weighted by molar-refractivity contribution is 5.89. The molecule has 1 saturated heterocycles. The van der Waals surface area contributed by atoms with E-state index in [2.05, 4.69) is 15.1 Å². The molecule has 0 saturated carbocycles. The van der Waals surface area contributed by atoms with Crippen LogP contribution < -0.4 is 4.90 Å². The number of rotatable bonds is 4. The van der Waals surface area contributed by atoms with Gasteiger partial charge in [-0.3, -0.25) is 9.89 Å². The summed E-state index contributed by atoms with van der Waals surface area (Å²) in [6, 6.07) is 6.00. The predicted molar refractivity (Wildman–Crippen MR) is 97.3 cm³/mol. The second-order valence-electron chi connectivity index (χ2n) is 6.99. The number of carbonyl (C=O) groups is 1. The highest BCUT2D eigenvalue weighted by Crippen LogP contribution is 2.34. The maximum absolute atomic E-state index is 11.1. The van der Waals surface area contributed by atoms with E-state index in [-0.39, 0.29) is 6.42 Å². The third-order valence-corrected chi connectivity index (χ3v) is 5.29. The van der Waals surface area contributed by atoms with Crippen molar-refractivity contribution in [3.63, 3.8) is 0 Å². The number of aryl methyl sites for hydroxylation is 1. The molecule has 0 unspecified atom stereocenters. The van der Waals surface area contributed by atoms with Crippen LogP contribution in [-0.4, -0.2) is 44.3 Å². The van der Waals surface area contributed by atoms with Crippen LogP contribution in [0.4, 0.5) is 5.95 Å². The van der Waals surface area contributed by atoms with Crippen molar-refractivity contribution in [3.8, 4) is 11.3 Å². The van der Waals surface area contributed by atoms with Gasteiger partial charge in [0.05, 0.1) is 23.3 Å². The number of carboxylic acids is 1. The van der Waals surface area contributed by atoms with Gasteiger partial charge in [-0.05, 0) is 37.8 Å². The normalized spacial score (nSPS) is 15.9. The van der Waals surface area contributed by atoms with Gasteiger partial charge < -0.3 is 10.0 Å². The third kappa shape index (κ3) is 2.42. The highest BCUT2D eigenvalue weighted by Gasteiger charge is 2.25. The van der Waals surface area contributed by atoms with Crippen molar-refractivity contribution in [3.05, 3.63) is 35.2 Å². The van der Waals surface area contributed by atoms with Crippen molar-refractivity contribution in [2.75, 3.05) is 18.0 Å². The van der Waals surface area contributed by atoms with Crippen LogP contribution in [0.3, 0.4) is 0 Å². The van der Waals surface area contributed by atoms with Gasteiger partial charge in [-0.15, -0.1) is 0 Å². The molecule has 2 aliphatic rings. The van der Waals surface area contributed by atoms with Crippen LogP contribution in [0.5, 0.6) is 0 Å². The van der Waals surface area contributed by atoms with Gasteiger partial charge in [0, 0.05) is 35.3 Å². The smallest absolute Gasteiger partial charge is 0.309 e. The van der Waals surface area contributed by atoms with Gasteiger partial charge >= 0.3 is 5.97 Å². The monoisotopic (exact) mass is 349 g/mol. The number of carboxylic acid groups (broad SMARTS) is 1. The maximum atomic E-state index is 11.1. The lowest BCUT2D eigenvalue weighted by molar-refractivity contribution is -0.136. The summed E-state index contributed by atoms with van der Waals surface area (Å²) in [7, 11) is 0. The fourth-order valence-electron chi connectivity index (χ4n) is 3.81. The largest absolute Gasteiger partial charge is 0.481 e. The first kappa shape index (κ1) is 15.3. The fourth-order valence-corrected chi connectivity index (χ4v) is 3.81. The molecule has 1 aromatic carbocycles. The summed E-state index contributed by atoms with van der Waals surface area (Å²) in [5.41, 5.74) is 5.79. The molecule has 7 heteroatoms. The van der Waals surface area contributed by atoms with E-state index in [0.717, 1.165) is 66.2 Å². The molecule has 0 radical (unpaired) electrons. The quantitative estimate of drug-likeness (QED) is 0.751. The molecular formula is C19H19N5O2. The molecule has 2 aromatic heterocycles. The Kier molecular flexibility index (Phi) is 3.41. The van der Waals surface area contributed by atoms with Crippen LogP contribution in [0.1, 0.15) is 29.8 Å². The first-order valence-corrected chi connectivity index (χ1v) is 9.03. The molecule has 0 spiro atoms. The van der Waals surface area contributed by atoms with Gasteiger partial charge in [0.25, 0.3) is 0 Å². The minimum atomic E-state index is -0.883. The first-order chi connectivity index (χ1) is 12.7. The number of aromatic amines is 1. The van der Waals surface area contributed by atoms with Crippen molar-refractivity contribution < 1.29 is 9.90 Å². The maximum Gasteiger partial charge on any atom is 0.309 e. The molecule has 0 amide bonds. The Morgan fingerprint density at radius 2 is 2.08 bits per heavy atom. The number of fused-ring (bicyclic) bond motifs is 2. The predicted octanol–water partition coefficient (Wildman–Crippen LogP) is 2.35. The molecular weight excluding hydrogens is 330 g/mol. The van der Waals surface area contributed by atoms with Crippen molar-refractivity contribution in [2.45, 2.75) is 32.1 Å². The average Bonchev–Trinajstić information content (AvgIpc) is 3.19. The Bertz CT molecular complexity index is 1020. The second kappa shape index (κ2) is 5.79. The molecule has 2 N–H and O–H groups in total. The average molecular weight is 349 g/mol. The van der Waals surface area contributed by atoms with Crippen LogP contribution in [0, 0.1) is 0 Å². The van der Waals surface area contributed by atoms with E-state index in [4.69, 9.17) is 15.1 Å². The number of hydrogen-bond acceptors (Lipinski definition) is 5. The Morgan fingerprint density at radius 1 is 1.19 bits per heavy atom. The van der Waals surface area contributed by atoms with E-state index < -0.39 is 5.97 Å². The lowest BCUT2D eigenvalue weighted by atomic mass is 10.0. The van der Waals surface area contributed by atoms with Crippen LogP contribution in [-0.2, 0) is 24.1 Å². The topological polar surface area (TPSA) is 95.0 Å². The Balaban J connectivity index is 1.65. The summed E-state index contributed by atoms with van der Waals surface area (Å²) in [5.74, 6) is -0.0586. The van der Waals surface area contributed by atoms with E-state index in [1.54, 1.807) is 0 Å². The molecule has 132 valence electrons. The molecule has 0 atom stereocenters. The van der Waals surface area contributed by atoms with Gasteiger partial charge in [-0.1, -0.05) is 6.07 Å². The summed E-state index contributed by atoms with van der Waals surface area (Å²) < 4.78 is 0. The zero-order valence-electron chi connectivity index (χ0n) is 14.3. The number of aromatic nitrogens is 4. The highest BCUT2D eigenvalue weighted by atomic mass is 16.4. The van der Waals surface area contributed by atoms with Gasteiger partial charge in [-0.25, -0.2) is 9.97 Å². The summed E-state index contributed by atoms with van der Waals surface area (Å²) in [4.78, 5) is 23.0. The van der Waals surface area contributed by atoms with Gasteiger partial charge in [-0.2, -0.15) is 5.10 Å². The van der Waals surface area contributed by atoms with Crippen molar-refractivity contribution in [1.82, 2.24) is 20.2 Å². The third-order valence-electron chi connectivity index (χ3n) is 5.29. The Labute approximate surface area is 150 Å². The summed E-state index contributed by atoms with van der Waals surface area (Å²) >= 11 is 0. The number of anilines is 1. The van der Waals surface area contributed by atoms with Gasteiger partial charge in [0.1, 0.15) is 0 Å². The molecule has 3 heterocycles. The van der Waals surface area contributed by atoms with Crippen LogP contribution in [0.25, 0.3) is 22.2 Å². The van der Waals surface area contributed by atoms with Crippen molar-refractivity contribution in [1.29, 1.82) is 0 Å². The molecule has 1 aliphatic heterocycles. The van der Waals surface area contributed by atoms with Gasteiger partial charge in [0.15, 0.2) is 0 Å². The molecule has 26 heavy (non-hydrogen) atoms. The lowest BCUT2D eigenvalue weighted by Crippen LogP contribution is -2.38. The van der Waals surface area contributed by atoms with E-state index in [0.29, 0.717) is 5.69 Å². The van der Waals surface area contributed by atoms with E-state index >= 15 is 0 Å². The number of H-pyrrole nitrogens is 1. The molecule has 7 nitrogen and oxygen atoms in total. The van der Waals surface area contributed by atoms with E-state index in [1.165, 1.54) is 12.0 Å². The number of hydrogen-bond donors (Lipinski definition) is 2. The Hall–Kier alpha value is -2.96.